The molecule has 3 heterocycles. The number of nitrogens with zero attached hydrogens (tertiary/aromatic N) is 4. The van der Waals surface area contributed by atoms with Gasteiger partial charge in [-0.25, -0.2) is 23.1 Å². The summed E-state index contributed by atoms with van der Waals surface area (Å²) in [5.74, 6) is -1.07. The molecule has 136 valence electrons. The van der Waals surface area contributed by atoms with E-state index in [1.54, 1.807) is 23.7 Å². The summed E-state index contributed by atoms with van der Waals surface area (Å²) in [6, 6.07) is 1.41. The molecular weight excluding hydrogens is 341 g/mol. The number of anilines is 1. The average molecular weight is 360 g/mol. The molecule has 0 saturated carbocycles. The highest BCUT2D eigenvalue weighted by Gasteiger charge is 2.27. The third-order valence-electron chi connectivity index (χ3n) is 5.04. The lowest BCUT2D eigenvalue weighted by Crippen LogP contribution is -2.34. The summed E-state index contributed by atoms with van der Waals surface area (Å²) in [4.78, 5) is 10.7. The zero-order valence-corrected chi connectivity index (χ0v) is 14.6. The van der Waals surface area contributed by atoms with Crippen LogP contribution < -0.4 is 4.90 Å². The van der Waals surface area contributed by atoms with Crippen LogP contribution in [0.5, 0.6) is 0 Å². The lowest BCUT2D eigenvalue weighted by atomic mass is 9.97. The monoisotopic (exact) mass is 360 g/mol. The van der Waals surface area contributed by atoms with Crippen LogP contribution in [0.3, 0.4) is 0 Å². The van der Waals surface area contributed by atoms with Crippen LogP contribution in [0.4, 0.5) is 19.0 Å². The van der Waals surface area contributed by atoms with E-state index < -0.39 is 17.5 Å². The van der Waals surface area contributed by atoms with E-state index >= 15 is 0 Å². The molecule has 1 saturated heterocycles. The van der Waals surface area contributed by atoms with Gasteiger partial charge in [-0.3, -0.25) is 4.40 Å². The fourth-order valence-corrected chi connectivity index (χ4v) is 3.64. The Labute approximate surface area is 149 Å². The Kier molecular flexibility index (Phi) is 4.09. The maximum Gasteiger partial charge on any atom is 0.235 e. The van der Waals surface area contributed by atoms with Gasteiger partial charge in [0.2, 0.25) is 5.78 Å². The minimum absolute atomic E-state index is 0.249. The van der Waals surface area contributed by atoms with Gasteiger partial charge < -0.3 is 4.90 Å². The van der Waals surface area contributed by atoms with Gasteiger partial charge in [0.05, 0.1) is 16.8 Å². The van der Waals surface area contributed by atoms with E-state index in [9.17, 15) is 13.2 Å². The predicted molar refractivity (Wildman–Crippen MR) is 93.6 cm³/mol. The fraction of sp³-hybridized carbons (Fsp3) is 0.368. The molecule has 0 amide bonds. The van der Waals surface area contributed by atoms with Crippen molar-refractivity contribution in [3.05, 3.63) is 47.7 Å². The SMILES string of the molecule is Cc1nc2nccn2c(N2CCC(C)CC2)c1-c1c(F)cc(F)cc1F. The van der Waals surface area contributed by atoms with Gasteiger partial charge in [0.25, 0.3) is 0 Å². The lowest BCUT2D eigenvalue weighted by Gasteiger charge is -2.34. The second-order valence-electron chi connectivity index (χ2n) is 6.91. The fourth-order valence-electron chi connectivity index (χ4n) is 3.64. The first-order valence-electron chi connectivity index (χ1n) is 8.69. The molecule has 2 aromatic heterocycles. The Bertz CT molecular complexity index is 951. The molecule has 4 rings (SSSR count). The Morgan fingerprint density at radius 1 is 1.04 bits per heavy atom. The van der Waals surface area contributed by atoms with Crippen molar-refractivity contribution >= 4 is 11.6 Å². The Hall–Kier alpha value is -2.57. The first kappa shape index (κ1) is 16.9. The second-order valence-corrected chi connectivity index (χ2v) is 6.91. The molecule has 1 aliphatic heterocycles. The summed E-state index contributed by atoms with van der Waals surface area (Å²) in [5, 5.41) is 0. The van der Waals surface area contributed by atoms with Crippen LogP contribution in [-0.4, -0.2) is 27.5 Å². The second kappa shape index (κ2) is 6.30. The summed E-state index contributed by atoms with van der Waals surface area (Å²) < 4.78 is 44.3. The molecule has 3 aromatic rings. The van der Waals surface area contributed by atoms with E-state index in [0.29, 0.717) is 40.9 Å². The van der Waals surface area contributed by atoms with Crippen LogP contribution in [0.2, 0.25) is 0 Å². The molecule has 0 aliphatic carbocycles. The number of piperidine rings is 1. The Morgan fingerprint density at radius 2 is 1.69 bits per heavy atom. The summed E-state index contributed by atoms with van der Waals surface area (Å²) in [7, 11) is 0. The molecule has 7 heteroatoms. The van der Waals surface area contributed by atoms with Gasteiger partial charge in [-0.2, -0.15) is 0 Å². The third-order valence-corrected chi connectivity index (χ3v) is 5.04. The van der Waals surface area contributed by atoms with Crippen LogP contribution in [-0.2, 0) is 0 Å². The van der Waals surface area contributed by atoms with Crippen molar-refractivity contribution in [1.29, 1.82) is 0 Å². The molecule has 0 N–H and O–H groups in total. The van der Waals surface area contributed by atoms with E-state index in [0.717, 1.165) is 25.9 Å². The quantitative estimate of drug-likeness (QED) is 0.681. The van der Waals surface area contributed by atoms with Gasteiger partial charge in [-0.05, 0) is 25.7 Å². The number of aromatic nitrogens is 3. The van der Waals surface area contributed by atoms with Gasteiger partial charge in [-0.1, -0.05) is 6.92 Å². The van der Waals surface area contributed by atoms with Crippen LogP contribution in [0.15, 0.2) is 24.5 Å². The van der Waals surface area contributed by atoms with Gasteiger partial charge in [0.1, 0.15) is 23.3 Å². The van der Waals surface area contributed by atoms with E-state index in [1.807, 2.05) is 0 Å². The summed E-state index contributed by atoms with van der Waals surface area (Å²) in [6.07, 6.45) is 5.33. The third kappa shape index (κ3) is 2.71. The number of hydrogen-bond donors (Lipinski definition) is 0. The largest absolute Gasteiger partial charge is 0.357 e. The van der Waals surface area contributed by atoms with E-state index in [1.165, 1.54) is 0 Å². The van der Waals surface area contributed by atoms with Crippen LogP contribution in [0, 0.1) is 30.3 Å². The number of benzene rings is 1. The van der Waals surface area contributed by atoms with Crippen LogP contribution in [0.25, 0.3) is 16.9 Å². The molecular formula is C19H19F3N4. The number of rotatable bonds is 2. The van der Waals surface area contributed by atoms with Crippen molar-refractivity contribution in [3.63, 3.8) is 0 Å². The Morgan fingerprint density at radius 3 is 2.35 bits per heavy atom. The molecule has 26 heavy (non-hydrogen) atoms. The van der Waals surface area contributed by atoms with E-state index in [2.05, 4.69) is 21.8 Å². The molecule has 0 radical (unpaired) electrons. The van der Waals surface area contributed by atoms with Crippen molar-refractivity contribution < 1.29 is 13.2 Å². The summed E-state index contributed by atoms with van der Waals surface area (Å²) >= 11 is 0. The van der Waals surface area contributed by atoms with Crippen molar-refractivity contribution in [2.45, 2.75) is 26.7 Å². The number of aryl methyl sites for hydroxylation is 1. The molecule has 4 nitrogen and oxygen atoms in total. The van der Waals surface area contributed by atoms with Crippen molar-refractivity contribution in [1.82, 2.24) is 14.4 Å². The van der Waals surface area contributed by atoms with Crippen molar-refractivity contribution in [3.8, 4) is 11.1 Å². The van der Waals surface area contributed by atoms with E-state index in [-0.39, 0.29) is 5.56 Å². The van der Waals surface area contributed by atoms with Gasteiger partial charge in [-0.15, -0.1) is 0 Å². The van der Waals surface area contributed by atoms with Crippen molar-refractivity contribution in [2.75, 3.05) is 18.0 Å². The number of hydrogen-bond acceptors (Lipinski definition) is 3. The van der Waals surface area contributed by atoms with Crippen LogP contribution >= 0.6 is 0 Å². The summed E-state index contributed by atoms with van der Waals surface area (Å²) in [6.45, 7) is 5.44. The Balaban J connectivity index is 2.00. The minimum Gasteiger partial charge on any atom is -0.357 e. The lowest BCUT2D eigenvalue weighted by molar-refractivity contribution is 0.436. The van der Waals surface area contributed by atoms with Crippen molar-refractivity contribution in [2.24, 2.45) is 5.92 Å². The molecule has 0 atom stereocenters. The number of imidazole rings is 1. The number of halogens is 3. The predicted octanol–water partition coefficient (Wildman–Crippen LogP) is 4.36. The molecule has 0 bridgehead atoms. The van der Waals surface area contributed by atoms with Crippen LogP contribution in [0.1, 0.15) is 25.5 Å². The minimum atomic E-state index is -0.939. The molecule has 1 fully saturated rings. The highest BCUT2D eigenvalue weighted by Crippen LogP contribution is 2.38. The average Bonchev–Trinajstić information content (AvgIpc) is 3.03. The standard InChI is InChI=1S/C19H19F3N4/c1-11-3-6-25(7-4-11)18-16(12(2)24-19-23-5-8-26(18)19)17-14(21)9-13(20)10-15(17)22/h5,8-11H,3-4,6-7H2,1-2H3. The molecule has 0 unspecified atom stereocenters. The van der Waals surface area contributed by atoms with Gasteiger partial charge in [0, 0.05) is 37.6 Å². The highest BCUT2D eigenvalue weighted by molar-refractivity contribution is 5.80. The number of fused-ring (bicyclic) bond motifs is 1. The smallest absolute Gasteiger partial charge is 0.235 e. The first-order chi connectivity index (χ1) is 12.5. The molecule has 0 spiro atoms. The molecule has 1 aliphatic rings. The van der Waals surface area contributed by atoms with Gasteiger partial charge >= 0.3 is 0 Å². The zero-order valence-electron chi connectivity index (χ0n) is 14.6. The van der Waals surface area contributed by atoms with E-state index in [4.69, 9.17) is 0 Å². The maximum absolute atomic E-state index is 14.6. The topological polar surface area (TPSA) is 33.4 Å². The first-order valence-corrected chi connectivity index (χ1v) is 8.69. The summed E-state index contributed by atoms with van der Waals surface area (Å²) in [5.41, 5.74) is 0.558. The zero-order chi connectivity index (χ0) is 18.4. The van der Waals surface area contributed by atoms with Gasteiger partial charge in [0.15, 0.2) is 0 Å². The molecule has 1 aromatic carbocycles. The normalized spacial score (nSPS) is 15.8. The highest BCUT2D eigenvalue weighted by atomic mass is 19.1. The maximum atomic E-state index is 14.6.